The highest BCUT2D eigenvalue weighted by Gasteiger charge is 2.42. The second kappa shape index (κ2) is 9.95. The van der Waals surface area contributed by atoms with E-state index in [1.807, 2.05) is 24.3 Å². The average molecular weight is 514 g/mol. The predicted molar refractivity (Wildman–Crippen MR) is 133 cm³/mol. The molecule has 1 saturated heterocycles. The minimum Gasteiger partial charge on any atom is -0.497 e. The van der Waals surface area contributed by atoms with Crippen molar-refractivity contribution < 1.29 is 27.1 Å². The Hall–Kier alpha value is -3.75. The van der Waals surface area contributed by atoms with Crippen molar-refractivity contribution in [3.05, 3.63) is 89.2 Å². The second-order valence-corrected chi connectivity index (χ2v) is 9.41. The summed E-state index contributed by atoms with van der Waals surface area (Å²) in [4.78, 5) is 17.7. The zero-order valence-corrected chi connectivity index (χ0v) is 20.3. The van der Waals surface area contributed by atoms with Gasteiger partial charge in [0.15, 0.2) is 0 Å². The largest absolute Gasteiger partial charge is 0.497 e. The van der Waals surface area contributed by atoms with Crippen molar-refractivity contribution in [2.45, 2.75) is 25.2 Å². The van der Waals surface area contributed by atoms with E-state index in [0.717, 1.165) is 29.3 Å². The molecular weight excluding hydrogens is 486 g/mol. The van der Waals surface area contributed by atoms with Gasteiger partial charge in [0.25, 0.3) is 0 Å². The van der Waals surface area contributed by atoms with Crippen LogP contribution >= 0.6 is 0 Å². The molecule has 1 fully saturated rings. The van der Waals surface area contributed by atoms with E-state index >= 15 is 0 Å². The van der Waals surface area contributed by atoms with Gasteiger partial charge in [-0.15, -0.1) is 0 Å². The number of carbonyl (C=O) groups is 1. The van der Waals surface area contributed by atoms with Crippen molar-refractivity contribution >= 4 is 17.3 Å². The van der Waals surface area contributed by atoms with Crippen LogP contribution in [0.4, 0.5) is 28.9 Å². The maximum atomic E-state index is 13.6. The Morgan fingerprint density at radius 2 is 1.86 bits per heavy atom. The number of benzene rings is 3. The van der Waals surface area contributed by atoms with Crippen molar-refractivity contribution in [2.75, 3.05) is 36.5 Å². The molecule has 2 aliphatic rings. The zero-order valence-electron chi connectivity index (χ0n) is 20.3. The average Bonchev–Trinajstić information content (AvgIpc) is 2.90. The predicted octanol–water partition coefficient (Wildman–Crippen LogP) is 5.04. The molecular formula is C28H27F4N3O2. The normalized spacial score (nSPS) is 19.2. The Kier molecular flexibility index (Phi) is 6.70. The monoisotopic (exact) mass is 513 g/mol. The number of piperazine rings is 1. The summed E-state index contributed by atoms with van der Waals surface area (Å²) in [5.41, 5.74) is 2.08. The molecule has 0 bridgehead atoms. The molecule has 3 aromatic carbocycles. The molecule has 2 aliphatic heterocycles. The number of nitrogens with one attached hydrogen (secondary N) is 1. The molecule has 3 aromatic rings. The summed E-state index contributed by atoms with van der Waals surface area (Å²) in [5, 5.41) is 2.88. The van der Waals surface area contributed by atoms with E-state index in [1.54, 1.807) is 19.2 Å². The first-order chi connectivity index (χ1) is 17.7. The van der Waals surface area contributed by atoms with Crippen LogP contribution in [-0.4, -0.2) is 38.7 Å². The van der Waals surface area contributed by atoms with Crippen molar-refractivity contribution in [1.29, 1.82) is 0 Å². The van der Waals surface area contributed by atoms with Crippen LogP contribution in [-0.2, 0) is 23.9 Å². The van der Waals surface area contributed by atoms with Crippen LogP contribution in [0.3, 0.4) is 0 Å². The third-order valence-electron chi connectivity index (χ3n) is 7.15. The summed E-state index contributed by atoms with van der Waals surface area (Å²) in [5.74, 6) is -0.531. The summed E-state index contributed by atoms with van der Waals surface area (Å²) in [7, 11) is 1.60. The molecule has 0 saturated carbocycles. The van der Waals surface area contributed by atoms with Crippen molar-refractivity contribution in [3.8, 4) is 5.75 Å². The Morgan fingerprint density at radius 3 is 2.62 bits per heavy atom. The number of hydrogen-bond acceptors (Lipinski definition) is 4. The highest BCUT2D eigenvalue weighted by molar-refractivity contribution is 5.82. The molecule has 2 atom stereocenters. The minimum atomic E-state index is -4.47. The molecule has 2 unspecified atom stereocenters. The molecule has 5 rings (SSSR count). The first-order valence-electron chi connectivity index (χ1n) is 12.1. The van der Waals surface area contributed by atoms with Gasteiger partial charge in [-0.2, -0.15) is 13.2 Å². The number of carbonyl (C=O) groups excluding carboxylic acids is 1. The Morgan fingerprint density at radius 1 is 1.05 bits per heavy atom. The van der Waals surface area contributed by atoms with E-state index in [-0.39, 0.29) is 24.9 Å². The van der Waals surface area contributed by atoms with Crippen LogP contribution in [0.1, 0.15) is 16.7 Å². The molecule has 0 spiro atoms. The van der Waals surface area contributed by atoms with Gasteiger partial charge in [-0.05, 0) is 60.0 Å². The van der Waals surface area contributed by atoms with Gasteiger partial charge < -0.3 is 19.9 Å². The zero-order chi connectivity index (χ0) is 26.2. The number of nitrogens with zero attached hydrogens (tertiary/aromatic N) is 2. The SMILES string of the molecule is COc1cccc(N2CCN3c4ccc(C(F)(F)F)cc4CC(C(=O)NCc4cccc(F)c4)C3C2)c1. The van der Waals surface area contributed by atoms with Gasteiger partial charge in [0.2, 0.25) is 5.91 Å². The summed E-state index contributed by atoms with van der Waals surface area (Å²) >= 11 is 0. The topological polar surface area (TPSA) is 44.8 Å². The number of rotatable bonds is 5. The molecule has 0 aromatic heterocycles. The van der Waals surface area contributed by atoms with Crippen LogP contribution in [0.25, 0.3) is 0 Å². The lowest BCUT2D eigenvalue weighted by Crippen LogP contribution is -2.61. The number of hydrogen-bond donors (Lipinski definition) is 1. The van der Waals surface area contributed by atoms with Crippen LogP contribution in [0, 0.1) is 11.7 Å². The molecule has 1 amide bonds. The number of halogens is 4. The van der Waals surface area contributed by atoms with Gasteiger partial charge in [0.1, 0.15) is 11.6 Å². The first kappa shape index (κ1) is 24.9. The van der Waals surface area contributed by atoms with Gasteiger partial charge in [0, 0.05) is 43.6 Å². The lowest BCUT2D eigenvalue weighted by atomic mass is 9.82. The second-order valence-electron chi connectivity index (χ2n) is 9.41. The van der Waals surface area contributed by atoms with E-state index in [4.69, 9.17) is 4.74 Å². The number of methoxy groups -OCH3 is 1. The Bertz CT molecular complexity index is 1300. The number of alkyl halides is 3. The van der Waals surface area contributed by atoms with Gasteiger partial charge in [-0.3, -0.25) is 4.79 Å². The molecule has 5 nitrogen and oxygen atoms in total. The van der Waals surface area contributed by atoms with Crippen molar-refractivity contribution in [1.82, 2.24) is 5.32 Å². The highest BCUT2D eigenvalue weighted by Crippen LogP contribution is 2.40. The molecule has 37 heavy (non-hydrogen) atoms. The van der Waals surface area contributed by atoms with Crippen LogP contribution < -0.4 is 19.9 Å². The minimum absolute atomic E-state index is 0.134. The molecule has 194 valence electrons. The van der Waals surface area contributed by atoms with Gasteiger partial charge in [-0.25, -0.2) is 4.39 Å². The van der Waals surface area contributed by atoms with Gasteiger partial charge in [-0.1, -0.05) is 18.2 Å². The third-order valence-corrected chi connectivity index (χ3v) is 7.15. The highest BCUT2D eigenvalue weighted by atomic mass is 19.4. The number of amides is 1. The molecule has 1 N–H and O–H groups in total. The molecule has 0 aliphatic carbocycles. The molecule has 2 heterocycles. The standard InChI is InChI=1S/C28H27F4N3O2/c1-37-23-7-3-6-22(15-23)34-10-11-35-25-9-8-20(28(30,31)32)13-19(25)14-24(26(35)17-34)27(36)33-16-18-4-2-5-21(29)12-18/h2-9,12-13,15,24,26H,10-11,14,16-17H2,1H3,(H,33,36). The maximum Gasteiger partial charge on any atom is 0.416 e. The quantitative estimate of drug-likeness (QED) is 0.486. The fourth-order valence-corrected chi connectivity index (χ4v) is 5.31. The van der Waals surface area contributed by atoms with E-state index < -0.39 is 23.5 Å². The lowest BCUT2D eigenvalue weighted by molar-refractivity contribution is -0.137. The fourth-order valence-electron chi connectivity index (χ4n) is 5.31. The number of fused-ring (bicyclic) bond motifs is 3. The van der Waals surface area contributed by atoms with E-state index in [0.29, 0.717) is 30.8 Å². The van der Waals surface area contributed by atoms with Crippen molar-refractivity contribution in [2.24, 2.45) is 5.92 Å². The smallest absolute Gasteiger partial charge is 0.416 e. The van der Waals surface area contributed by atoms with Crippen LogP contribution in [0.2, 0.25) is 0 Å². The summed E-state index contributed by atoms with van der Waals surface area (Å²) in [6.07, 6.45) is -4.28. The molecule has 9 heteroatoms. The van der Waals surface area contributed by atoms with E-state index in [9.17, 15) is 22.4 Å². The number of ether oxygens (including phenoxy) is 1. The van der Waals surface area contributed by atoms with Gasteiger partial charge in [0.05, 0.1) is 24.6 Å². The molecule has 0 radical (unpaired) electrons. The van der Waals surface area contributed by atoms with Crippen LogP contribution in [0.15, 0.2) is 66.7 Å². The van der Waals surface area contributed by atoms with E-state index in [1.165, 1.54) is 18.2 Å². The fraction of sp³-hybridized carbons (Fsp3) is 0.321. The Balaban J connectivity index is 1.44. The Labute approximate surface area is 212 Å². The summed E-state index contributed by atoms with van der Waals surface area (Å²) < 4.78 is 59.3. The third kappa shape index (κ3) is 5.21. The van der Waals surface area contributed by atoms with Crippen LogP contribution in [0.5, 0.6) is 5.75 Å². The first-order valence-corrected chi connectivity index (χ1v) is 12.1. The van der Waals surface area contributed by atoms with E-state index in [2.05, 4.69) is 15.1 Å². The summed E-state index contributed by atoms with van der Waals surface area (Å²) in [6, 6.07) is 17.2. The van der Waals surface area contributed by atoms with Gasteiger partial charge >= 0.3 is 6.18 Å². The lowest BCUT2D eigenvalue weighted by Gasteiger charge is -2.49. The van der Waals surface area contributed by atoms with Crippen molar-refractivity contribution in [3.63, 3.8) is 0 Å². The summed E-state index contributed by atoms with van der Waals surface area (Å²) in [6.45, 7) is 1.84. The number of anilines is 2. The maximum absolute atomic E-state index is 13.6.